The fourth-order valence-corrected chi connectivity index (χ4v) is 3.10. The number of aromatic nitrogens is 2. The van der Waals surface area contributed by atoms with Crippen LogP contribution in [0.25, 0.3) is 16.6 Å². The first-order valence-corrected chi connectivity index (χ1v) is 8.50. The lowest BCUT2D eigenvalue weighted by Gasteiger charge is -2.20. The predicted molar refractivity (Wildman–Crippen MR) is 98.8 cm³/mol. The van der Waals surface area contributed by atoms with Crippen LogP contribution in [-0.4, -0.2) is 16.1 Å². The summed E-state index contributed by atoms with van der Waals surface area (Å²) in [6, 6.07) is 15.6. The summed E-state index contributed by atoms with van der Waals surface area (Å²) in [5, 5.41) is 4.03. The summed E-state index contributed by atoms with van der Waals surface area (Å²) in [7, 11) is 0. The summed E-state index contributed by atoms with van der Waals surface area (Å²) in [6.07, 6.45) is 0.866. The number of para-hydroxylation sites is 2. The number of fused-ring (bicyclic) bond motifs is 1. The first kappa shape index (κ1) is 16.4. The third kappa shape index (κ3) is 2.85. The zero-order valence-electron chi connectivity index (χ0n) is 14.4. The van der Waals surface area contributed by atoms with Crippen molar-refractivity contribution in [2.24, 2.45) is 0 Å². The van der Waals surface area contributed by atoms with E-state index in [0.29, 0.717) is 5.39 Å². The van der Waals surface area contributed by atoms with Crippen molar-refractivity contribution < 1.29 is 0 Å². The highest BCUT2D eigenvalue weighted by Gasteiger charge is 2.18. The molecule has 4 nitrogen and oxygen atoms in total. The van der Waals surface area contributed by atoms with E-state index in [1.54, 1.807) is 4.57 Å². The number of nitrogens with one attached hydrogen (secondary N) is 1. The average Bonchev–Trinajstić information content (AvgIpc) is 2.62. The van der Waals surface area contributed by atoms with Crippen LogP contribution in [0.1, 0.15) is 38.2 Å². The molecular formula is C20H23N3O. The van der Waals surface area contributed by atoms with Crippen LogP contribution >= 0.6 is 0 Å². The molecule has 1 heterocycles. The molecule has 0 radical (unpaired) electrons. The minimum absolute atomic E-state index is 0.0127. The molecule has 2 aromatic carbocycles. The van der Waals surface area contributed by atoms with Gasteiger partial charge in [0.15, 0.2) is 0 Å². The molecule has 24 heavy (non-hydrogen) atoms. The Balaban J connectivity index is 2.37. The van der Waals surface area contributed by atoms with Crippen molar-refractivity contribution in [3.63, 3.8) is 0 Å². The van der Waals surface area contributed by atoms with Crippen molar-refractivity contribution in [1.82, 2.24) is 14.9 Å². The van der Waals surface area contributed by atoms with Crippen LogP contribution in [0.4, 0.5) is 0 Å². The Morgan fingerprint density at radius 2 is 1.79 bits per heavy atom. The monoisotopic (exact) mass is 321 g/mol. The normalized spacial score (nSPS) is 12.5. The Hall–Kier alpha value is -2.46. The van der Waals surface area contributed by atoms with Crippen LogP contribution in [0.3, 0.4) is 0 Å². The van der Waals surface area contributed by atoms with Crippen LogP contribution < -0.4 is 10.9 Å². The van der Waals surface area contributed by atoms with Crippen LogP contribution in [0, 0.1) is 0 Å². The standard InChI is InChI=1S/C20H23N3O/c1-4-15-10-6-9-13-18(15)23-19(14(3)21-5-2)22-17-12-8-7-11-16(17)20(23)24/h6-14,21H,4-5H2,1-3H3. The Morgan fingerprint density at radius 1 is 1.08 bits per heavy atom. The van der Waals surface area contributed by atoms with E-state index in [2.05, 4.69) is 25.2 Å². The maximum absolute atomic E-state index is 13.2. The molecule has 0 aliphatic heterocycles. The van der Waals surface area contributed by atoms with Gasteiger partial charge < -0.3 is 5.32 Å². The smallest absolute Gasteiger partial charge is 0.266 e. The molecule has 124 valence electrons. The van der Waals surface area contributed by atoms with E-state index < -0.39 is 0 Å². The van der Waals surface area contributed by atoms with E-state index in [0.717, 1.165) is 35.6 Å². The van der Waals surface area contributed by atoms with Gasteiger partial charge in [-0.2, -0.15) is 0 Å². The van der Waals surface area contributed by atoms with Gasteiger partial charge in [0, 0.05) is 0 Å². The summed E-state index contributed by atoms with van der Waals surface area (Å²) in [4.78, 5) is 18.0. The zero-order valence-corrected chi connectivity index (χ0v) is 14.4. The molecular weight excluding hydrogens is 298 g/mol. The van der Waals surface area contributed by atoms with E-state index in [1.165, 1.54) is 0 Å². The zero-order chi connectivity index (χ0) is 17.1. The van der Waals surface area contributed by atoms with Crippen LogP contribution in [-0.2, 0) is 6.42 Å². The lowest BCUT2D eigenvalue weighted by molar-refractivity contribution is 0.550. The number of hydrogen-bond donors (Lipinski definition) is 1. The van der Waals surface area contributed by atoms with Crippen molar-refractivity contribution in [1.29, 1.82) is 0 Å². The summed E-state index contributed by atoms with van der Waals surface area (Å²) in [6.45, 7) is 7.02. The highest BCUT2D eigenvalue weighted by Crippen LogP contribution is 2.20. The summed E-state index contributed by atoms with van der Waals surface area (Å²) in [5.74, 6) is 0.751. The number of aryl methyl sites for hydroxylation is 1. The van der Waals surface area contributed by atoms with Gasteiger partial charge in [-0.05, 0) is 43.7 Å². The number of rotatable bonds is 5. The number of hydrogen-bond acceptors (Lipinski definition) is 3. The molecule has 3 rings (SSSR count). The summed E-state index contributed by atoms with van der Waals surface area (Å²) >= 11 is 0. The Bertz CT molecular complexity index is 914. The van der Waals surface area contributed by atoms with Gasteiger partial charge in [0.2, 0.25) is 0 Å². The van der Waals surface area contributed by atoms with E-state index in [1.807, 2.05) is 49.4 Å². The molecule has 1 aromatic heterocycles. The fraction of sp³-hybridized carbons (Fsp3) is 0.300. The lowest BCUT2D eigenvalue weighted by Crippen LogP contribution is -2.30. The molecule has 0 amide bonds. The highest BCUT2D eigenvalue weighted by molar-refractivity contribution is 5.78. The molecule has 1 atom stereocenters. The van der Waals surface area contributed by atoms with Gasteiger partial charge in [-0.15, -0.1) is 0 Å². The van der Waals surface area contributed by atoms with Gasteiger partial charge in [-0.1, -0.05) is 44.2 Å². The molecule has 4 heteroatoms. The minimum atomic E-state index is -0.0165. The SMILES string of the molecule is CCNC(C)c1nc2ccccc2c(=O)n1-c1ccccc1CC. The second-order valence-electron chi connectivity index (χ2n) is 5.89. The molecule has 0 saturated heterocycles. The van der Waals surface area contributed by atoms with Crippen LogP contribution in [0.5, 0.6) is 0 Å². The molecule has 1 unspecified atom stereocenters. The van der Waals surface area contributed by atoms with Crippen molar-refractivity contribution in [2.75, 3.05) is 6.54 Å². The molecule has 1 N–H and O–H groups in total. The van der Waals surface area contributed by atoms with Gasteiger partial charge in [0.1, 0.15) is 5.82 Å². The van der Waals surface area contributed by atoms with Gasteiger partial charge >= 0.3 is 0 Å². The Kier molecular flexibility index (Phi) is 4.76. The van der Waals surface area contributed by atoms with Crippen molar-refractivity contribution in [3.05, 3.63) is 70.3 Å². The van der Waals surface area contributed by atoms with Gasteiger partial charge in [0.05, 0.1) is 22.6 Å². The second-order valence-corrected chi connectivity index (χ2v) is 5.89. The fourth-order valence-electron chi connectivity index (χ4n) is 3.10. The van der Waals surface area contributed by atoms with E-state index in [-0.39, 0.29) is 11.6 Å². The van der Waals surface area contributed by atoms with Crippen molar-refractivity contribution >= 4 is 10.9 Å². The Morgan fingerprint density at radius 3 is 2.54 bits per heavy atom. The molecule has 0 saturated carbocycles. The largest absolute Gasteiger partial charge is 0.308 e. The first-order chi connectivity index (χ1) is 11.7. The summed E-state index contributed by atoms with van der Waals surface area (Å²) < 4.78 is 1.77. The van der Waals surface area contributed by atoms with Crippen molar-refractivity contribution in [3.8, 4) is 5.69 Å². The Labute approximate surface area is 142 Å². The molecule has 3 aromatic rings. The van der Waals surface area contributed by atoms with Crippen LogP contribution in [0.2, 0.25) is 0 Å². The lowest BCUT2D eigenvalue weighted by atomic mass is 10.1. The maximum atomic E-state index is 13.2. The molecule has 0 aliphatic rings. The number of nitrogens with zero attached hydrogens (tertiary/aromatic N) is 2. The third-order valence-corrected chi connectivity index (χ3v) is 4.31. The number of benzene rings is 2. The van der Waals surface area contributed by atoms with Gasteiger partial charge in [-0.25, -0.2) is 4.98 Å². The predicted octanol–water partition coefficient (Wildman–Crippen LogP) is 3.62. The van der Waals surface area contributed by atoms with E-state index in [4.69, 9.17) is 4.98 Å². The first-order valence-electron chi connectivity index (χ1n) is 8.50. The van der Waals surface area contributed by atoms with Crippen molar-refractivity contribution in [2.45, 2.75) is 33.2 Å². The summed E-state index contributed by atoms with van der Waals surface area (Å²) in [5.41, 5.74) is 2.79. The van der Waals surface area contributed by atoms with Gasteiger partial charge in [0.25, 0.3) is 5.56 Å². The topological polar surface area (TPSA) is 46.9 Å². The molecule has 0 aliphatic carbocycles. The van der Waals surface area contributed by atoms with E-state index >= 15 is 0 Å². The molecule has 0 fully saturated rings. The van der Waals surface area contributed by atoms with E-state index in [9.17, 15) is 4.79 Å². The maximum Gasteiger partial charge on any atom is 0.266 e. The highest BCUT2D eigenvalue weighted by atomic mass is 16.1. The molecule has 0 spiro atoms. The average molecular weight is 321 g/mol. The third-order valence-electron chi connectivity index (χ3n) is 4.31. The van der Waals surface area contributed by atoms with Crippen LogP contribution in [0.15, 0.2) is 53.3 Å². The quantitative estimate of drug-likeness (QED) is 0.781. The minimum Gasteiger partial charge on any atom is -0.308 e. The second kappa shape index (κ2) is 6.97. The molecule has 0 bridgehead atoms. The van der Waals surface area contributed by atoms with Gasteiger partial charge in [-0.3, -0.25) is 9.36 Å².